The molecule has 2 atom stereocenters. The molecule has 2 N–H and O–H groups in total. The molecule has 2 aromatic rings. The number of hydrogen-bond acceptors (Lipinski definition) is 7. The van der Waals surface area contributed by atoms with Crippen LogP contribution in [0.3, 0.4) is 0 Å². The minimum Gasteiger partial charge on any atom is -0.494 e. The van der Waals surface area contributed by atoms with Gasteiger partial charge in [-0.25, -0.2) is 0 Å². The lowest BCUT2D eigenvalue weighted by Crippen LogP contribution is -2.41. The van der Waals surface area contributed by atoms with Gasteiger partial charge in [-0.15, -0.1) is 0 Å². The molecule has 7 nitrogen and oxygen atoms in total. The predicted molar refractivity (Wildman–Crippen MR) is 133 cm³/mol. The molecule has 0 bridgehead atoms. The van der Waals surface area contributed by atoms with Gasteiger partial charge in [0, 0.05) is 45.8 Å². The van der Waals surface area contributed by atoms with E-state index in [9.17, 15) is 0 Å². The van der Waals surface area contributed by atoms with Crippen molar-refractivity contribution in [2.45, 2.75) is 37.9 Å². The van der Waals surface area contributed by atoms with E-state index in [1.165, 1.54) is 5.56 Å². The highest BCUT2D eigenvalue weighted by Gasteiger charge is 2.27. The minimum atomic E-state index is 0.111. The molecule has 0 amide bonds. The molecule has 186 valence electrons. The Labute approximate surface area is 203 Å². The quantitative estimate of drug-likeness (QED) is 0.461. The minimum absolute atomic E-state index is 0.111. The van der Waals surface area contributed by atoms with Crippen LogP contribution in [0.5, 0.6) is 11.5 Å². The van der Waals surface area contributed by atoms with E-state index in [0.717, 1.165) is 75.0 Å². The standard InChI is InChI=1S/C27H38N2O5/c1-31-15-2-12-29-13-17-33-26-9-4-21(18-25(26)29)20-34-27-19-28-11-10-24(27)22-5-7-23(8-6-22)32-16-3-14-30/h4-9,18,24,27-28,30H,2-3,10-17,19-20H2,1H3/t24-,27+/m1/s1. The smallest absolute Gasteiger partial charge is 0.142 e. The Bertz CT molecular complexity index is 876. The van der Waals surface area contributed by atoms with E-state index in [0.29, 0.717) is 25.6 Å². The monoisotopic (exact) mass is 470 g/mol. The Morgan fingerprint density at radius 2 is 2.00 bits per heavy atom. The van der Waals surface area contributed by atoms with Gasteiger partial charge >= 0.3 is 0 Å². The van der Waals surface area contributed by atoms with E-state index < -0.39 is 0 Å². The number of anilines is 1. The van der Waals surface area contributed by atoms with Crippen LogP contribution in [-0.2, 0) is 16.1 Å². The topological polar surface area (TPSA) is 72.4 Å². The van der Waals surface area contributed by atoms with Gasteiger partial charge in [0.05, 0.1) is 31.5 Å². The molecule has 0 aliphatic carbocycles. The molecule has 1 fully saturated rings. The second-order valence-electron chi connectivity index (χ2n) is 8.93. The molecule has 0 spiro atoms. The Morgan fingerprint density at radius 3 is 2.82 bits per heavy atom. The van der Waals surface area contributed by atoms with Crippen LogP contribution in [0.1, 0.15) is 36.3 Å². The van der Waals surface area contributed by atoms with Crippen molar-refractivity contribution < 1.29 is 24.1 Å². The first-order valence-corrected chi connectivity index (χ1v) is 12.4. The van der Waals surface area contributed by atoms with Gasteiger partial charge < -0.3 is 34.3 Å². The van der Waals surface area contributed by atoms with Crippen LogP contribution in [0.15, 0.2) is 42.5 Å². The zero-order valence-electron chi connectivity index (χ0n) is 20.2. The molecular formula is C27H38N2O5. The SMILES string of the molecule is COCCCN1CCOc2ccc(CO[C@H]3CNCC[C@@H]3c3ccc(OCCCO)cc3)cc21. The molecule has 2 aliphatic heterocycles. The first-order chi connectivity index (χ1) is 16.8. The number of benzene rings is 2. The van der Waals surface area contributed by atoms with Crippen molar-refractivity contribution >= 4 is 5.69 Å². The van der Waals surface area contributed by atoms with Gasteiger partial charge in [0.15, 0.2) is 0 Å². The second kappa shape index (κ2) is 13.0. The maximum atomic E-state index is 8.92. The van der Waals surface area contributed by atoms with Crippen molar-refractivity contribution in [2.75, 3.05) is 64.6 Å². The van der Waals surface area contributed by atoms with E-state index in [-0.39, 0.29) is 12.7 Å². The summed E-state index contributed by atoms with van der Waals surface area (Å²) in [7, 11) is 1.75. The van der Waals surface area contributed by atoms with Crippen molar-refractivity contribution in [1.82, 2.24) is 5.32 Å². The molecule has 2 aromatic carbocycles. The Balaban J connectivity index is 1.37. The van der Waals surface area contributed by atoms with Crippen LogP contribution in [0.4, 0.5) is 5.69 Å². The molecule has 1 saturated heterocycles. The highest BCUT2D eigenvalue weighted by Crippen LogP contribution is 2.34. The Morgan fingerprint density at radius 1 is 1.12 bits per heavy atom. The number of piperidine rings is 1. The summed E-state index contributed by atoms with van der Waals surface area (Å²) < 4.78 is 23.3. The lowest BCUT2D eigenvalue weighted by Gasteiger charge is -2.33. The second-order valence-corrected chi connectivity index (χ2v) is 8.93. The number of ether oxygens (including phenoxy) is 4. The summed E-state index contributed by atoms with van der Waals surface area (Å²) in [5.41, 5.74) is 3.60. The first kappa shape index (κ1) is 24.8. The molecule has 0 aromatic heterocycles. The first-order valence-electron chi connectivity index (χ1n) is 12.4. The van der Waals surface area contributed by atoms with Crippen molar-refractivity contribution in [3.63, 3.8) is 0 Å². The largest absolute Gasteiger partial charge is 0.494 e. The summed E-state index contributed by atoms with van der Waals surface area (Å²) in [5.74, 6) is 2.14. The van der Waals surface area contributed by atoms with E-state index in [1.54, 1.807) is 7.11 Å². The van der Waals surface area contributed by atoms with Crippen molar-refractivity contribution in [3.8, 4) is 11.5 Å². The van der Waals surface area contributed by atoms with E-state index in [2.05, 4.69) is 40.5 Å². The number of aliphatic hydroxyl groups is 1. The Hall–Kier alpha value is -2.32. The number of nitrogens with zero attached hydrogens (tertiary/aromatic N) is 1. The van der Waals surface area contributed by atoms with Gasteiger partial charge in [0.2, 0.25) is 0 Å². The number of fused-ring (bicyclic) bond motifs is 1. The maximum absolute atomic E-state index is 8.92. The fraction of sp³-hybridized carbons (Fsp3) is 0.556. The van der Waals surface area contributed by atoms with Crippen LogP contribution in [0, 0.1) is 0 Å². The third-order valence-corrected chi connectivity index (χ3v) is 6.53. The lowest BCUT2D eigenvalue weighted by atomic mass is 9.87. The molecule has 0 saturated carbocycles. The van der Waals surface area contributed by atoms with Gasteiger partial charge in [0.1, 0.15) is 18.1 Å². The average Bonchev–Trinajstić information content (AvgIpc) is 2.88. The van der Waals surface area contributed by atoms with E-state index in [1.807, 2.05) is 12.1 Å². The highest BCUT2D eigenvalue weighted by molar-refractivity contribution is 5.61. The number of hydrogen-bond donors (Lipinski definition) is 2. The number of aliphatic hydroxyl groups excluding tert-OH is 1. The number of rotatable bonds is 12. The molecule has 7 heteroatoms. The van der Waals surface area contributed by atoms with Gasteiger partial charge in [-0.05, 0) is 54.8 Å². The van der Waals surface area contributed by atoms with Gasteiger partial charge in [-0.3, -0.25) is 0 Å². The predicted octanol–water partition coefficient (Wildman–Crippen LogP) is 3.35. The average molecular weight is 471 g/mol. The molecule has 34 heavy (non-hydrogen) atoms. The molecule has 2 aliphatic rings. The van der Waals surface area contributed by atoms with Crippen LogP contribution < -0.4 is 19.7 Å². The molecule has 0 radical (unpaired) electrons. The van der Waals surface area contributed by atoms with Crippen molar-refractivity contribution in [1.29, 1.82) is 0 Å². The van der Waals surface area contributed by atoms with E-state index in [4.69, 9.17) is 24.1 Å². The van der Waals surface area contributed by atoms with Gasteiger partial charge in [-0.2, -0.15) is 0 Å². The third kappa shape index (κ3) is 6.63. The molecule has 0 unspecified atom stereocenters. The fourth-order valence-electron chi connectivity index (χ4n) is 4.70. The normalized spacial score (nSPS) is 20.0. The molecular weight excluding hydrogens is 432 g/mol. The zero-order chi connectivity index (χ0) is 23.6. The van der Waals surface area contributed by atoms with Crippen LogP contribution in [0.2, 0.25) is 0 Å². The summed E-state index contributed by atoms with van der Waals surface area (Å²) in [6.07, 6.45) is 2.80. The van der Waals surface area contributed by atoms with Crippen LogP contribution in [0.25, 0.3) is 0 Å². The van der Waals surface area contributed by atoms with Crippen molar-refractivity contribution in [3.05, 3.63) is 53.6 Å². The Kier molecular flexibility index (Phi) is 9.44. The van der Waals surface area contributed by atoms with Crippen molar-refractivity contribution in [2.24, 2.45) is 0 Å². The summed E-state index contributed by atoms with van der Waals surface area (Å²) >= 11 is 0. The zero-order valence-corrected chi connectivity index (χ0v) is 20.2. The maximum Gasteiger partial charge on any atom is 0.142 e. The summed E-state index contributed by atoms with van der Waals surface area (Å²) in [6, 6.07) is 14.7. The third-order valence-electron chi connectivity index (χ3n) is 6.53. The molecule has 2 heterocycles. The summed E-state index contributed by atoms with van der Waals surface area (Å²) in [5, 5.41) is 12.4. The highest BCUT2D eigenvalue weighted by atomic mass is 16.5. The number of nitrogens with one attached hydrogen (secondary N) is 1. The summed E-state index contributed by atoms with van der Waals surface area (Å²) in [4.78, 5) is 2.39. The van der Waals surface area contributed by atoms with E-state index >= 15 is 0 Å². The number of methoxy groups -OCH3 is 1. The van der Waals surface area contributed by atoms with Gasteiger partial charge in [-0.1, -0.05) is 18.2 Å². The van der Waals surface area contributed by atoms with Gasteiger partial charge in [0.25, 0.3) is 0 Å². The summed E-state index contributed by atoms with van der Waals surface area (Å²) in [6.45, 7) is 6.43. The van der Waals surface area contributed by atoms with Crippen LogP contribution in [-0.4, -0.2) is 70.9 Å². The fourth-order valence-corrected chi connectivity index (χ4v) is 4.70. The van der Waals surface area contributed by atoms with Crippen LogP contribution >= 0.6 is 0 Å². The molecule has 4 rings (SSSR count). The lowest BCUT2D eigenvalue weighted by molar-refractivity contribution is 0.0106.